The van der Waals surface area contributed by atoms with Crippen LogP contribution in [-0.2, 0) is 23.3 Å². The minimum absolute atomic E-state index is 0.0435. The Labute approximate surface area is 165 Å². The Hall–Kier alpha value is -2.63. The molecule has 0 N–H and O–H groups in total. The maximum Gasteiger partial charge on any atom is 0.160 e. The Kier molecular flexibility index (Phi) is 4.41. The lowest BCUT2D eigenvalue weighted by molar-refractivity contribution is 0.0503. The third-order valence-corrected chi connectivity index (χ3v) is 5.88. The van der Waals surface area contributed by atoms with E-state index in [0.29, 0.717) is 6.61 Å². The first-order valence-electron chi connectivity index (χ1n) is 9.84. The van der Waals surface area contributed by atoms with Gasteiger partial charge in [-0.05, 0) is 37.6 Å². The van der Waals surface area contributed by atoms with E-state index in [1.165, 1.54) is 16.8 Å². The van der Waals surface area contributed by atoms with Crippen molar-refractivity contribution in [2.24, 2.45) is 0 Å². The highest BCUT2D eigenvalue weighted by atomic mass is 16.5. The summed E-state index contributed by atoms with van der Waals surface area (Å²) < 4.78 is 5.97. The number of fused-ring (bicyclic) bond motifs is 2. The van der Waals surface area contributed by atoms with Gasteiger partial charge in [-0.2, -0.15) is 0 Å². The fourth-order valence-electron chi connectivity index (χ4n) is 4.39. The van der Waals surface area contributed by atoms with Gasteiger partial charge in [0, 0.05) is 42.8 Å². The number of ether oxygens (including phenoxy) is 1. The van der Waals surface area contributed by atoms with Crippen molar-refractivity contribution >= 4 is 0 Å². The topological polar surface area (TPSA) is 51.1 Å². The number of hydrogen-bond acceptors (Lipinski definition) is 5. The molecule has 4 heterocycles. The van der Waals surface area contributed by atoms with Gasteiger partial charge in [-0.15, -0.1) is 0 Å². The van der Waals surface area contributed by atoms with Crippen molar-refractivity contribution in [3.63, 3.8) is 0 Å². The second-order valence-electron chi connectivity index (χ2n) is 8.03. The van der Waals surface area contributed by atoms with Gasteiger partial charge in [0.05, 0.1) is 24.3 Å². The molecule has 5 nitrogen and oxygen atoms in total. The van der Waals surface area contributed by atoms with Crippen LogP contribution in [0.1, 0.15) is 28.8 Å². The fourth-order valence-corrected chi connectivity index (χ4v) is 4.39. The van der Waals surface area contributed by atoms with Crippen molar-refractivity contribution in [1.29, 1.82) is 0 Å². The molecule has 1 fully saturated rings. The van der Waals surface area contributed by atoms with Crippen LogP contribution in [0.5, 0.6) is 0 Å². The highest BCUT2D eigenvalue weighted by Crippen LogP contribution is 2.40. The molecule has 28 heavy (non-hydrogen) atoms. The number of aromatic nitrogens is 3. The number of nitrogens with zero attached hydrogens (tertiary/aromatic N) is 4. The Morgan fingerprint density at radius 2 is 2.04 bits per heavy atom. The summed E-state index contributed by atoms with van der Waals surface area (Å²) >= 11 is 0. The van der Waals surface area contributed by atoms with E-state index in [4.69, 9.17) is 9.72 Å². The largest absolute Gasteiger partial charge is 0.376 e. The van der Waals surface area contributed by atoms with Gasteiger partial charge in [-0.1, -0.05) is 29.8 Å². The molecule has 0 saturated carbocycles. The monoisotopic (exact) mass is 372 g/mol. The number of hydrogen-bond donors (Lipinski definition) is 0. The minimum atomic E-state index is -0.0435. The summed E-state index contributed by atoms with van der Waals surface area (Å²) in [6.07, 6.45) is 6.60. The standard InChI is InChI=1S/C23H24N4O/c1-17-4-6-18(7-5-17)13-27-10-8-23(15-27)16-28-14-20-12-25-22(26-21(20)23)19-3-2-9-24-11-19/h2-7,9,11-12H,8,10,13-16H2,1H3. The number of benzene rings is 1. The van der Waals surface area contributed by atoms with Crippen LogP contribution in [0.25, 0.3) is 11.4 Å². The molecule has 142 valence electrons. The third kappa shape index (κ3) is 3.21. The average molecular weight is 372 g/mol. The molecule has 1 saturated heterocycles. The van der Waals surface area contributed by atoms with Gasteiger partial charge in [-0.3, -0.25) is 9.88 Å². The van der Waals surface area contributed by atoms with E-state index in [-0.39, 0.29) is 5.41 Å². The lowest BCUT2D eigenvalue weighted by Crippen LogP contribution is -2.40. The molecule has 5 rings (SSSR count). The second kappa shape index (κ2) is 7.08. The summed E-state index contributed by atoms with van der Waals surface area (Å²) in [5.74, 6) is 0.755. The van der Waals surface area contributed by atoms with Gasteiger partial charge >= 0.3 is 0 Å². The molecule has 2 aliphatic rings. The van der Waals surface area contributed by atoms with Crippen LogP contribution >= 0.6 is 0 Å². The number of pyridine rings is 1. The molecule has 5 heteroatoms. The first-order valence-corrected chi connectivity index (χ1v) is 9.84. The van der Waals surface area contributed by atoms with Crippen LogP contribution in [-0.4, -0.2) is 39.5 Å². The van der Waals surface area contributed by atoms with Crippen LogP contribution in [0.4, 0.5) is 0 Å². The summed E-state index contributed by atoms with van der Waals surface area (Å²) in [6, 6.07) is 12.8. The lowest BCUT2D eigenvalue weighted by atomic mass is 9.80. The van der Waals surface area contributed by atoms with Gasteiger partial charge in [0.2, 0.25) is 0 Å². The zero-order valence-corrected chi connectivity index (χ0v) is 16.1. The van der Waals surface area contributed by atoms with E-state index < -0.39 is 0 Å². The summed E-state index contributed by atoms with van der Waals surface area (Å²) in [6.45, 7) is 6.46. The third-order valence-electron chi connectivity index (χ3n) is 5.88. The molecule has 3 aromatic rings. The highest BCUT2D eigenvalue weighted by Gasteiger charge is 2.44. The predicted molar refractivity (Wildman–Crippen MR) is 108 cm³/mol. The first-order chi connectivity index (χ1) is 13.7. The normalized spacial score (nSPS) is 21.8. The van der Waals surface area contributed by atoms with E-state index in [1.807, 2.05) is 24.5 Å². The van der Waals surface area contributed by atoms with Crippen LogP contribution < -0.4 is 0 Å². The Balaban J connectivity index is 1.43. The van der Waals surface area contributed by atoms with Gasteiger partial charge in [-0.25, -0.2) is 9.97 Å². The summed E-state index contributed by atoms with van der Waals surface area (Å²) in [5.41, 5.74) is 5.86. The van der Waals surface area contributed by atoms with Gasteiger partial charge < -0.3 is 4.74 Å². The Morgan fingerprint density at radius 1 is 1.14 bits per heavy atom. The SMILES string of the molecule is Cc1ccc(CN2CCC3(COCc4cnc(-c5cccnc5)nc43)C2)cc1. The molecule has 1 aromatic carbocycles. The van der Waals surface area contributed by atoms with E-state index in [9.17, 15) is 0 Å². The van der Waals surface area contributed by atoms with E-state index in [0.717, 1.165) is 49.6 Å². The average Bonchev–Trinajstić information content (AvgIpc) is 3.13. The van der Waals surface area contributed by atoms with Crippen molar-refractivity contribution in [2.45, 2.75) is 31.9 Å². The minimum Gasteiger partial charge on any atom is -0.376 e. The number of likely N-dealkylation sites (tertiary alicyclic amines) is 1. The molecule has 1 spiro atoms. The van der Waals surface area contributed by atoms with Crippen molar-refractivity contribution in [1.82, 2.24) is 19.9 Å². The lowest BCUT2D eigenvalue weighted by Gasteiger charge is -2.34. The molecule has 1 atom stereocenters. The summed E-state index contributed by atoms with van der Waals surface area (Å²) in [5, 5.41) is 0. The Morgan fingerprint density at radius 3 is 2.86 bits per heavy atom. The molecule has 0 bridgehead atoms. The zero-order chi connectivity index (χ0) is 19.0. The van der Waals surface area contributed by atoms with Crippen molar-refractivity contribution in [3.05, 3.63) is 77.4 Å². The molecular weight excluding hydrogens is 348 g/mol. The number of aryl methyl sites for hydroxylation is 1. The molecule has 0 aliphatic carbocycles. The molecule has 2 aliphatic heterocycles. The maximum atomic E-state index is 5.97. The van der Waals surface area contributed by atoms with Crippen LogP contribution in [0.2, 0.25) is 0 Å². The van der Waals surface area contributed by atoms with Crippen LogP contribution in [0.15, 0.2) is 55.0 Å². The molecule has 0 radical (unpaired) electrons. The maximum absolute atomic E-state index is 5.97. The van der Waals surface area contributed by atoms with Crippen molar-refractivity contribution < 1.29 is 4.74 Å². The smallest absolute Gasteiger partial charge is 0.160 e. The van der Waals surface area contributed by atoms with E-state index in [2.05, 4.69) is 46.1 Å². The van der Waals surface area contributed by atoms with Crippen molar-refractivity contribution in [2.75, 3.05) is 19.7 Å². The summed E-state index contributed by atoms with van der Waals surface area (Å²) in [7, 11) is 0. The highest BCUT2D eigenvalue weighted by molar-refractivity contribution is 5.54. The first kappa shape index (κ1) is 17.5. The second-order valence-corrected chi connectivity index (χ2v) is 8.03. The van der Waals surface area contributed by atoms with Gasteiger partial charge in [0.15, 0.2) is 5.82 Å². The zero-order valence-electron chi connectivity index (χ0n) is 16.1. The molecular formula is C23H24N4O. The fraction of sp³-hybridized carbons (Fsp3) is 0.348. The quantitative estimate of drug-likeness (QED) is 0.704. The molecule has 1 unspecified atom stereocenters. The Bertz CT molecular complexity index is 974. The van der Waals surface area contributed by atoms with Crippen LogP contribution in [0, 0.1) is 6.92 Å². The predicted octanol–water partition coefficient (Wildman–Crippen LogP) is 3.52. The van der Waals surface area contributed by atoms with Gasteiger partial charge in [0.25, 0.3) is 0 Å². The van der Waals surface area contributed by atoms with E-state index >= 15 is 0 Å². The van der Waals surface area contributed by atoms with Crippen molar-refractivity contribution in [3.8, 4) is 11.4 Å². The summed E-state index contributed by atoms with van der Waals surface area (Å²) in [4.78, 5) is 16.3. The number of rotatable bonds is 3. The molecule has 0 amide bonds. The van der Waals surface area contributed by atoms with E-state index in [1.54, 1.807) is 6.20 Å². The molecule has 2 aromatic heterocycles. The van der Waals surface area contributed by atoms with Crippen LogP contribution in [0.3, 0.4) is 0 Å². The van der Waals surface area contributed by atoms with Gasteiger partial charge in [0.1, 0.15) is 0 Å².